The summed E-state index contributed by atoms with van der Waals surface area (Å²) in [6, 6.07) is 8.21. The van der Waals surface area contributed by atoms with Crippen LogP contribution >= 0.6 is 0 Å². The number of para-hydroxylation sites is 1. The van der Waals surface area contributed by atoms with Gasteiger partial charge in [0, 0.05) is 31.7 Å². The average Bonchev–Trinajstić information content (AvgIpc) is 2.56. The van der Waals surface area contributed by atoms with Crippen LogP contribution in [-0.4, -0.2) is 80.1 Å². The second-order valence-corrected chi connectivity index (χ2v) is 7.00. The Morgan fingerprint density at radius 1 is 1.21 bits per heavy atom. The molecule has 1 aliphatic rings. The van der Waals surface area contributed by atoms with E-state index in [1.54, 1.807) is 7.11 Å². The molecular weight excluding hydrogens is 302 g/mol. The molecule has 24 heavy (non-hydrogen) atoms. The zero-order chi connectivity index (χ0) is 17.7. The maximum atomic E-state index is 12.9. The van der Waals surface area contributed by atoms with Crippen LogP contribution in [0.4, 0.5) is 0 Å². The van der Waals surface area contributed by atoms with Crippen molar-refractivity contribution in [2.45, 2.75) is 32.4 Å². The molecule has 1 aromatic carbocycles. The summed E-state index contributed by atoms with van der Waals surface area (Å²) in [5.74, 6) is 0.718. The number of rotatable bonds is 6. The van der Waals surface area contributed by atoms with E-state index in [2.05, 4.69) is 37.7 Å². The summed E-state index contributed by atoms with van der Waals surface area (Å²) in [6.45, 7) is 8.14. The molecule has 1 fully saturated rings. The Morgan fingerprint density at radius 2 is 1.83 bits per heavy atom. The lowest BCUT2D eigenvalue weighted by molar-refractivity contribution is 0.0293. The van der Waals surface area contributed by atoms with Crippen LogP contribution in [0.3, 0.4) is 0 Å². The molecule has 0 bridgehead atoms. The SMILES string of the molecule is COc1ccccc1C(=O)N1CC(C)N(CCCN(C)C)C(C)C1. The maximum Gasteiger partial charge on any atom is 0.257 e. The van der Waals surface area contributed by atoms with Crippen LogP contribution in [0, 0.1) is 0 Å². The highest BCUT2D eigenvalue weighted by Gasteiger charge is 2.32. The monoisotopic (exact) mass is 333 g/mol. The van der Waals surface area contributed by atoms with Gasteiger partial charge in [0.05, 0.1) is 12.7 Å². The number of carbonyl (C=O) groups is 1. The van der Waals surface area contributed by atoms with Crippen LogP contribution in [0.1, 0.15) is 30.6 Å². The number of ether oxygens (including phenoxy) is 1. The van der Waals surface area contributed by atoms with Crippen molar-refractivity contribution in [3.05, 3.63) is 29.8 Å². The number of piperazine rings is 1. The molecule has 0 aliphatic carbocycles. The summed E-state index contributed by atoms with van der Waals surface area (Å²) in [5.41, 5.74) is 0.653. The van der Waals surface area contributed by atoms with Crippen molar-refractivity contribution in [3.8, 4) is 5.75 Å². The van der Waals surface area contributed by atoms with E-state index in [4.69, 9.17) is 4.74 Å². The van der Waals surface area contributed by atoms with E-state index in [1.165, 1.54) is 0 Å². The number of methoxy groups -OCH3 is 1. The van der Waals surface area contributed by atoms with Crippen LogP contribution in [0.2, 0.25) is 0 Å². The Morgan fingerprint density at radius 3 is 2.42 bits per heavy atom. The largest absolute Gasteiger partial charge is 0.496 e. The van der Waals surface area contributed by atoms with E-state index in [1.807, 2.05) is 29.2 Å². The summed E-state index contributed by atoms with van der Waals surface area (Å²) in [6.07, 6.45) is 1.15. The first-order valence-electron chi connectivity index (χ1n) is 8.76. The summed E-state index contributed by atoms with van der Waals surface area (Å²) < 4.78 is 5.35. The first-order valence-corrected chi connectivity index (χ1v) is 8.76. The lowest BCUT2D eigenvalue weighted by Gasteiger charge is -2.44. The standard InChI is InChI=1S/C19H31N3O2/c1-15-13-21(14-16(2)22(15)12-8-11-20(3)4)19(23)17-9-6-7-10-18(17)24-5/h6-7,9-10,15-16H,8,11-14H2,1-5H3. The number of hydrogen-bond donors (Lipinski definition) is 0. The first-order chi connectivity index (χ1) is 11.4. The van der Waals surface area contributed by atoms with Gasteiger partial charge in [0.1, 0.15) is 5.75 Å². The van der Waals surface area contributed by atoms with Crippen LogP contribution < -0.4 is 4.74 Å². The Balaban J connectivity index is 2.01. The van der Waals surface area contributed by atoms with Crippen molar-refractivity contribution < 1.29 is 9.53 Å². The third-order valence-corrected chi connectivity index (χ3v) is 4.75. The Bertz CT molecular complexity index is 535. The van der Waals surface area contributed by atoms with Crippen LogP contribution in [0.15, 0.2) is 24.3 Å². The van der Waals surface area contributed by atoms with Gasteiger partial charge in [-0.1, -0.05) is 12.1 Å². The summed E-state index contributed by atoms with van der Waals surface area (Å²) in [5, 5.41) is 0. The number of nitrogens with zero attached hydrogens (tertiary/aromatic N) is 3. The smallest absolute Gasteiger partial charge is 0.257 e. The molecule has 1 aliphatic heterocycles. The summed E-state index contributed by atoms with van der Waals surface area (Å²) in [4.78, 5) is 19.6. The molecule has 5 heteroatoms. The van der Waals surface area contributed by atoms with Gasteiger partial charge in [0.15, 0.2) is 0 Å². The zero-order valence-corrected chi connectivity index (χ0v) is 15.7. The van der Waals surface area contributed by atoms with E-state index in [0.29, 0.717) is 23.4 Å². The lowest BCUT2D eigenvalue weighted by atomic mass is 10.1. The third-order valence-electron chi connectivity index (χ3n) is 4.75. The predicted octanol–water partition coefficient (Wildman–Crippen LogP) is 2.18. The molecule has 1 heterocycles. The van der Waals surface area contributed by atoms with Gasteiger partial charge in [-0.3, -0.25) is 9.69 Å². The van der Waals surface area contributed by atoms with Crippen LogP contribution in [0.25, 0.3) is 0 Å². The molecule has 0 saturated carbocycles. The average molecular weight is 333 g/mol. The van der Waals surface area contributed by atoms with E-state index >= 15 is 0 Å². The van der Waals surface area contributed by atoms with Gasteiger partial charge in [-0.05, 0) is 53.0 Å². The fourth-order valence-electron chi connectivity index (χ4n) is 3.52. The van der Waals surface area contributed by atoms with Gasteiger partial charge in [0.25, 0.3) is 5.91 Å². The normalized spacial score (nSPS) is 22.0. The maximum absolute atomic E-state index is 12.9. The minimum atomic E-state index is 0.0686. The molecule has 0 aromatic heterocycles. The molecular formula is C19H31N3O2. The van der Waals surface area contributed by atoms with Gasteiger partial charge in [-0.2, -0.15) is 0 Å². The van der Waals surface area contributed by atoms with Crippen molar-refractivity contribution in [2.24, 2.45) is 0 Å². The van der Waals surface area contributed by atoms with E-state index in [0.717, 1.165) is 32.6 Å². The Kier molecular flexibility index (Phi) is 6.63. The topological polar surface area (TPSA) is 36.0 Å². The third kappa shape index (κ3) is 4.48. The highest BCUT2D eigenvalue weighted by molar-refractivity contribution is 5.97. The van der Waals surface area contributed by atoms with Gasteiger partial charge < -0.3 is 14.5 Å². The quantitative estimate of drug-likeness (QED) is 0.799. The molecule has 1 aromatic rings. The molecule has 1 amide bonds. The fraction of sp³-hybridized carbons (Fsp3) is 0.632. The Hall–Kier alpha value is -1.59. The molecule has 0 radical (unpaired) electrons. The fourth-order valence-corrected chi connectivity index (χ4v) is 3.52. The van der Waals surface area contributed by atoms with E-state index < -0.39 is 0 Å². The molecule has 0 spiro atoms. The van der Waals surface area contributed by atoms with Crippen LogP contribution in [-0.2, 0) is 0 Å². The minimum absolute atomic E-state index is 0.0686. The second kappa shape index (κ2) is 8.49. The van der Waals surface area contributed by atoms with Gasteiger partial charge in [-0.25, -0.2) is 0 Å². The lowest BCUT2D eigenvalue weighted by Crippen LogP contribution is -2.58. The van der Waals surface area contributed by atoms with E-state index in [9.17, 15) is 4.79 Å². The Labute approximate surface area is 146 Å². The summed E-state index contributed by atoms with van der Waals surface area (Å²) >= 11 is 0. The highest BCUT2D eigenvalue weighted by atomic mass is 16.5. The number of carbonyl (C=O) groups excluding carboxylic acids is 1. The minimum Gasteiger partial charge on any atom is -0.496 e. The van der Waals surface area contributed by atoms with Gasteiger partial charge >= 0.3 is 0 Å². The van der Waals surface area contributed by atoms with Crippen molar-refractivity contribution in [1.29, 1.82) is 0 Å². The van der Waals surface area contributed by atoms with Crippen molar-refractivity contribution >= 4 is 5.91 Å². The van der Waals surface area contributed by atoms with Crippen molar-refractivity contribution in [2.75, 3.05) is 47.4 Å². The number of hydrogen-bond acceptors (Lipinski definition) is 4. The molecule has 2 unspecified atom stereocenters. The predicted molar refractivity (Wildman–Crippen MR) is 97.7 cm³/mol. The van der Waals surface area contributed by atoms with E-state index in [-0.39, 0.29) is 5.91 Å². The van der Waals surface area contributed by atoms with Crippen molar-refractivity contribution in [3.63, 3.8) is 0 Å². The van der Waals surface area contributed by atoms with Crippen LogP contribution in [0.5, 0.6) is 5.75 Å². The number of benzene rings is 1. The molecule has 134 valence electrons. The second-order valence-electron chi connectivity index (χ2n) is 7.00. The van der Waals surface area contributed by atoms with Gasteiger partial charge in [0.2, 0.25) is 0 Å². The highest BCUT2D eigenvalue weighted by Crippen LogP contribution is 2.23. The molecule has 2 atom stereocenters. The zero-order valence-electron chi connectivity index (χ0n) is 15.7. The summed E-state index contributed by atoms with van der Waals surface area (Å²) in [7, 11) is 5.83. The van der Waals surface area contributed by atoms with Crippen molar-refractivity contribution in [1.82, 2.24) is 14.7 Å². The molecule has 0 N–H and O–H groups in total. The first kappa shape index (κ1) is 18.7. The van der Waals surface area contributed by atoms with Gasteiger partial charge in [-0.15, -0.1) is 0 Å². The molecule has 1 saturated heterocycles. The number of amides is 1. The molecule has 5 nitrogen and oxygen atoms in total. The molecule has 2 rings (SSSR count).